The van der Waals surface area contributed by atoms with Gasteiger partial charge in [0.05, 0.1) is 5.56 Å². The van der Waals surface area contributed by atoms with Gasteiger partial charge in [0, 0.05) is 32.7 Å². The zero-order valence-electron chi connectivity index (χ0n) is 30.2. The summed E-state index contributed by atoms with van der Waals surface area (Å²) in [5.41, 5.74) is 8.51. The van der Waals surface area contributed by atoms with Crippen molar-refractivity contribution < 1.29 is 8.83 Å². The van der Waals surface area contributed by atoms with Gasteiger partial charge in [0.2, 0.25) is 0 Å². The molecule has 0 spiro atoms. The van der Waals surface area contributed by atoms with Gasteiger partial charge < -0.3 is 8.83 Å². The molecule has 0 aliphatic carbocycles. The minimum Gasteiger partial charge on any atom is -0.457 e. The first kappa shape index (κ1) is 35.0. The molecule has 5 nitrogen and oxygen atoms in total. The van der Waals surface area contributed by atoms with Crippen LogP contribution in [-0.2, 0) is 0 Å². The summed E-state index contributed by atoms with van der Waals surface area (Å²) in [4.78, 5) is 15.2. The first-order valence-electron chi connectivity index (χ1n) is 18.1. The SMILES string of the molecule is [B]c1c([B])c([B])c2c(oc3c([B])c([B])c([B])c(-c4cccc(-c5nc(-c6ccc(-c7ccccc7)cc6)nc(-c6cccc7c6oc6ccccc67)n5)c4)c32)c1[B]. The summed E-state index contributed by atoms with van der Waals surface area (Å²) in [6.45, 7) is 0. The number of fused-ring (bicyclic) bond motifs is 6. The zero-order valence-corrected chi connectivity index (χ0v) is 30.2. The van der Waals surface area contributed by atoms with Crippen molar-refractivity contribution in [1.29, 1.82) is 0 Å². The van der Waals surface area contributed by atoms with E-state index in [1.165, 1.54) is 0 Å². The molecular weight excluding hydrogens is 690 g/mol. The van der Waals surface area contributed by atoms with Gasteiger partial charge in [-0.25, -0.2) is 15.0 Å². The summed E-state index contributed by atoms with van der Waals surface area (Å²) < 4.78 is 12.6. The van der Waals surface area contributed by atoms with Gasteiger partial charge in [-0.15, -0.1) is 16.4 Å². The van der Waals surface area contributed by atoms with Crippen LogP contribution in [0.3, 0.4) is 0 Å². The summed E-state index contributed by atoms with van der Waals surface area (Å²) in [6, 6.07) is 39.8. The van der Waals surface area contributed by atoms with E-state index in [1.807, 2.05) is 97.1 Å². The molecule has 0 fully saturated rings. The molecule has 10 rings (SSSR count). The summed E-state index contributed by atoms with van der Waals surface area (Å²) in [6.07, 6.45) is 0. The Bertz CT molecular complexity index is 3270. The Morgan fingerprint density at radius 2 is 0.895 bits per heavy atom. The van der Waals surface area contributed by atoms with Gasteiger partial charge in [0.25, 0.3) is 0 Å². The van der Waals surface area contributed by atoms with Crippen LogP contribution in [0.15, 0.2) is 130 Å². The molecule has 0 unspecified atom stereocenters. The van der Waals surface area contributed by atoms with Crippen LogP contribution in [0.5, 0.6) is 0 Å². The number of para-hydroxylation sites is 2. The van der Waals surface area contributed by atoms with E-state index in [0.29, 0.717) is 50.5 Å². The maximum Gasteiger partial charge on any atom is 0.167 e. The Morgan fingerprint density at radius 3 is 1.67 bits per heavy atom. The lowest BCUT2D eigenvalue weighted by Crippen LogP contribution is -2.47. The first-order valence-corrected chi connectivity index (χ1v) is 18.1. The molecule has 0 saturated heterocycles. The highest BCUT2D eigenvalue weighted by Crippen LogP contribution is 2.37. The highest BCUT2D eigenvalue weighted by molar-refractivity contribution is 6.68. The average molecular weight is 710 g/mol. The third-order valence-corrected chi connectivity index (χ3v) is 10.6. The Hall–Kier alpha value is -6.40. The summed E-state index contributed by atoms with van der Waals surface area (Å²) >= 11 is 0. The fourth-order valence-corrected chi connectivity index (χ4v) is 7.62. The van der Waals surface area contributed by atoms with Crippen LogP contribution >= 0.6 is 0 Å². The smallest absolute Gasteiger partial charge is 0.167 e. The number of rotatable bonds is 5. The number of aromatic nitrogens is 3. The van der Waals surface area contributed by atoms with E-state index in [2.05, 4.69) is 24.3 Å². The fraction of sp³-hybridized carbons (Fsp3) is 0. The van der Waals surface area contributed by atoms with Crippen molar-refractivity contribution in [2.45, 2.75) is 0 Å². The molecule has 248 valence electrons. The lowest BCUT2D eigenvalue weighted by Gasteiger charge is -2.17. The first-order chi connectivity index (χ1) is 27.7. The van der Waals surface area contributed by atoms with Crippen molar-refractivity contribution in [3.8, 4) is 56.4 Å². The molecule has 0 aliphatic heterocycles. The normalized spacial score (nSPS) is 11.6. The van der Waals surface area contributed by atoms with Crippen molar-refractivity contribution in [3.63, 3.8) is 0 Å². The lowest BCUT2D eigenvalue weighted by atomic mass is 9.64. The molecule has 0 N–H and O–H groups in total. The molecule has 57 heavy (non-hydrogen) atoms. The standard InChI is InChI=1S/C45H20B7N3O2/c46-33-30(31-32-34(47)35(48)37(50)39(52)42(32)57-41(31)38(51)36(33)49)24-10-6-11-25(20-24)44-53-43(23-18-16-22(17-19-23)21-8-2-1-3-9-21)54-45(55-44)28-14-7-13-27-26-12-4-5-15-29(26)56-40(27)28/h1-20H. The monoisotopic (exact) mass is 711 g/mol. The summed E-state index contributed by atoms with van der Waals surface area (Å²) in [5, 5.41) is 2.87. The number of hydrogen-bond donors (Lipinski definition) is 0. The average Bonchev–Trinajstić information content (AvgIpc) is 3.84. The summed E-state index contributed by atoms with van der Waals surface area (Å²) in [7, 11) is 45.3. The van der Waals surface area contributed by atoms with Gasteiger partial charge in [0.15, 0.2) is 17.5 Å². The Kier molecular flexibility index (Phi) is 8.22. The van der Waals surface area contributed by atoms with E-state index in [9.17, 15) is 0 Å². The maximum atomic E-state index is 6.79. The van der Waals surface area contributed by atoms with Gasteiger partial charge in [-0.3, -0.25) is 0 Å². The minimum atomic E-state index is 0.108. The molecule has 0 bridgehead atoms. The molecule has 0 aliphatic rings. The van der Waals surface area contributed by atoms with E-state index in [-0.39, 0.29) is 49.4 Å². The second kappa shape index (κ2) is 13.4. The van der Waals surface area contributed by atoms with E-state index < -0.39 is 0 Å². The predicted molar refractivity (Wildman–Crippen MR) is 239 cm³/mol. The van der Waals surface area contributed by atoms with E-state index in [1.54, 1.807) is 0 Å². The van der Waals surface area contributed by atoms with Crippen molar-refractivity contribution in [1.82, 2.24) is 15.0 Å². The number of hydrogen-bond acceptors (Lipinski definition) is 5. The predicted octanol–water partition coefficient (Wildman–Crippen LogP) is 3.56. The molecular formula is C45H20B7N3O2. The number of benzene rings is 7. The molecule has 10 aromatic rings. The highest BCUT2D eigenvalue weighted by atomic mass is 16.3. The maximum absolute atomic E-state index is 6.79. The number of furan rings is 2. The Morgan fingerprint density at radius 1 is 0.351 bits per heavy atom. The van der Waals surface area contributed by atoms with Crippen molar-refractivity contribution >= 4 is 137 Å². The van der Waals surface area contributed by atoms with Crippen molar-refractivity contribution in [2.24, 2.45) is 0 Å². The van der Waals surface area contributed by atoms with Crippen LogP contribution < -0.4 is 38.2 Å². The number of nitrogens with zero attached hydrogens (tertiary/aromatic N) is 3. The van der Waals surface area contributed by atoms with E-state index in [4.69, 9.17) is 78.7 Å². The molecule has 0 amide bonds. The van der Waals surface area contributed by atoms with Crippen LogP contribution in [0, 0.1) is 0 Å². The second-order valence-electron chi connectivity index (χ2n) is 13.9. The van der Waals surface area contributed by atoms with Crippen LogP contribution in [0.2, 0.25) is 0 Å². The van der Waals surface area contributed by atoms with Gasteiger partial charge in [0.1, 0.15) is 77.3 Å². The molecule has 0 atom stereocenters. The van der Waals surface area contributed by atoms with Gasteiger partial charge in [-0.2, -0.15) is 0 Å². The van der Waals surface area contributed by atoms with Gasteiger partial charge in [-0.05, 0) is 40.5 Å². The van der Waals surface area contributed by atoms with Crippen LogP contribution in [0.4, 0.5) is 0 Å². The molecule has 14 radical (unpaired) electrons. The van der Waals surface area contributed by atoms with Gasteiger partial charge >= 0.3 is 0 Å². The topological polar surface area (TPSA) is 65.0 Å². The fourth-order valence-electron chi connectivity index (χ4n) is 7.62. The largest absolute Gasteiger partial charge is 0.457 e. The molecule has 12 heteroatoms. The molecule has 7 aromatic carbocycles. The third kappa shape index (κ3) is 5.53. The Balaban J connectivity index is 1.20. The van der Waals surface area contributed by atoms with E-state index >= 15 is 0 Å². The zero-order chi connectivity index (χ0) is 39.1. The quantitative estimate of drug-likeness (QED) is 0.256. The van der Waals surface area contributed by atoms with Crippen LogP contribution in [0.25, 0.3) is 100 Å². The minimum absolute atomic E-state index is 0.108. The highest BCUT2D eigenvalue weighted by Gasteiger charge is 2.23. The van der Waals surface area contributed by atoms with Crippen molar-refractivity contribution in [2.75, 3.05) is 0 Å². The molecule has 3 heterocycles. The third-order valence-electron chi connectivity index (χ3n) is 10.6. The Labute approximate surface area is 337 Å². The van der Waals surface area contributed by atoms with Crippen LogP contribution in [-0.4, -0.2) is 69.9 Å². The second-order valence-corrected chi connectivity index (χ2v) is 13.9. The summed E-state index contributed by atoms with van der Waals surface area (Å²) in [5.74, 6) is 1.32. The van der Waals surface area contributed by atoms with Gasteiger partial charge in [-0.1, -0.05) is 125 Å². The van der Waals surface area contributed by atoms with E-state index in [0.717, 1.165) is 38.6 Å². The molecule has 3 aromatic heterocycles. The van der Waals surface area contributed by atoms with Crippen molar-refractivity contribution in [3.05, 3.63) is 121 Å². The van der Waals surface area contributed by atoms with Crippen LogP contribution in [0.1, 0.15) is 0 Å². The lowest BCUT2D eigenvalue weighted by molar-refractivity contribution is 0.669. The molecule has 0 saturated carbocycles.